The first-order valence-electron chi connectivity index (χ1n) is 11.7. The lowest BCUT2D eigenvalue weighted by atomic mass is 10.1. The third-order valence-electron chi connectivity index (χ3n) is 5.99. The Morgan fingerprint density at radius 2 is 1.89 bits per heavy atom. The Morgan fingerprint density at radius 3 is 2.54 bits per heavy atom. The SMILES string of the molecule is Cc1cc(-c2cn3c(-c4ccc(C(=O)NC5CC5)cc4)cnc3c(NCC(C)(C)O)n2)ccc1F. The lowest BCUT2D eigenvalue weighted by Crippen LogP contribution is -2.29. The summed E-state index contributed by atoms with van der Waals surface area (Å²) in [5.41, 5.74) is 3.91. The van der Waals surface area contributed by atoms with Crippen molar-refractivity contribution in [1.29, 1.82) is 0 Å². The zero-order chi connectivity index (χ0) is 24.7. The number of benzene rings is 2. The molecular formula is C27H28FN5O2. The fourth-order valence-corrected chi connectivity index (χ4v) is 3.85. The molecule has 2 aromatic carbocycles. The monoisotopic (exact) mass is 473 g/mol. The summed E-state index contributed by atoms with van der Waals surface area (Å²) >= 11 is 0. The number of carbonyl (C=O) groups excluding carboxylic acids is 1. The molecule has 5 rings (SSSR count). The van der Waals surface area contributed by atoms with Crippen molar-refractivity contribution < 1.29 is 14.3 Å². The second-order valence-electron chi connectivity index (χ2n) is 9.77. The van der Waals surface area contributed by atoms with Crippen LogP contribution in [0, 0.1) is 12.7 Å². The van der Waals surface area contributed by atoms with Gasteiger partial charge in [-0.3, -0.25) is 9.20 Å². The zero-order valence-corrected chi connectivity index (χ0v) is 20.0. The van der Waals surface area contributed by atoms with Gasteiger partial charge in [-0.25, -0.2) is 14.4 Å². The van der Waals surface area contributed by atoms with Crippen molar-refractivity contribution in [1.82, 2.24) is 19.7 Å². The van der Waals surface area contributed by atoms with Crippen LogP contribution in [-0.4, -0.2) is 43.6 Å². The van der Waals surface area contributed by atoms with E-state index in [-0.39, 0.29) is 18.3 Å². The number of aryl methyl sites for hydroxylation is 1. The molecule has 35 heavy (non-hydrogen) atoms. The number of hydrogen-bond acceptors (Lipinski definition) is 5. The van der Waals surface area contributed by atoms with E-state index in [1.807, 2.05) is 34.9 Å². The Hall–Kier alpha value is -3.78. The first-order valence-corrected chi connectivity index (χ1v) is 11.7. The van der Waals surface area contributed by atoms with Gasteiger partial charge in [0.15, 0.2) is 11.5 Å². The van der Waals surface area contributed by atoms with E-state index in [0.717, 1.165) is 29.7 Å². The molecule has 2 heterocycles. The van der Waals surface area contributed by atoms with Crippen molar-refractivity contribution in [3.8, 4) is 22.5 Å². The minimum Gasteiger partial charge on any atom is -0.389 e. The second kappa shape index (κ2) is 8.78. The van der Waals surface area contributed by atoms with E-state index in [1.165, 1.54) is 6.07 Å². The fraction of sp³-hybridized carbons (Fsp3) is 0.296. The Balaban J connectivity index is 1.56. The highest BCUT2D eigenvalue weighted by Gasteiger charge is 2.24. The number of nitrogens with zero attached hydrogens (tertiary/aromatic N) is 3. The van der Waals surface area contributed by atoms with Gasteiger partial charge < -0.3 is 15.7 Å². The van der Waals surface area contributed by atoms with Gasteiger partial charge in [0.25, 0.3) is 5.91 Å². The molecule has 180 valence electrons. The summed E-state index contributed by atoms with van der Waals surface area (Å²) in [4.78, 5) is 21.7. The molecule has 0 radical (unpaired) electrons. The maximum absolute atomic E-state index is 13.9. The standard InChI is InChI=1S/C27H28FN5O2/c1-16-12-19(8-11-21(16)28)22-14-33-23(13-29-25(33)24(32-22)30-15-27(2,3)35)17-4-6-18(7-5-17)26(34)31-20-9-10-20/h4-8,11-14,20,35H,9-10,15H2,1-3H3,(H,30,32)(H,31,34). The molecule has 2 aromatic heterocycles. The molecule has 0 unspecified atom stereocenters. The number of hydrogen-bond donors (Lipinski definition) is 3. The van der Waals surface area contributed by atoms with Gasteiger partial charge >= 0.3 is 0 Å². The molecule has 0 bridgehead atoms. The molecule has 0 atom stereocenters. The van der Waals surface area contributed by atoms with Crippen LogP contribution in [0.5, 0.6) is 0 Å². The van der Waals surface area contributed by atoms with Gasteiger partial charge in [-0.05, 0) is 69.5 Å². The Labute approximate surface area is 203 Å². The molecule has 0 saturated heterocycles. The van der Waals surface area contributed by atoms with Crippen LogP contribution in [0.3, 0.4) is 0 Å². The van der Waals surface area contributed by atoms with Crippen LogP contribution in [0.4, 0.5) is 10.2 Å². The summed E-state index contributed by atoms with van der Waals surface area (Å²) in [6.07, 6.45) is 5.71. The Morgan fingerprint density at radius 1 is 1.17 bits per heavy atom. The van der Waals surface area contributed by atoms with Gasteiger partial charge in [-0.1, -0.05) is 12.1 Å². The Kier molecular flexibility index (Phi) is 5.76. The van der Waals surface area contributed by atoms with E-state index in [2.05, 4.69) is 15.6 Å². The lowest BCUT2D eigenvalue weighted by molar-refractivity contribution is 0.0940. The number of anilines is 1. The number of aromatic nitrogens is 3. The van der Waals surface area contributed by atoms with Crippen LogP contribution in [0.2, 0.25) is 0 Å². The topological polar surface area (TPSA) is 91.5 Å². The van der Waals surface area contributed by atoms with Crippen LogP contribution < -0.4 is 10.6 Å². The molecule has 0 aliphatic heterocycles. The smallest absolute Gasteiger partial charge is 0.251 e. The molecule has 3 N–H and O–H groups in total. The summed E-state index contributed by atoms with van der Waals surface area (Å²) in [5, 5.41) is 16.4. The average Bonchev–Trinajstić information content (AvgIpc) is 3.53. The van der Waals surface area contributed by atoms with Crippen LogP contribution in [0.1, 0.15) is 42.6 Å². The summed E-state index contributed by atoms with van der Waals surface area (Å²) in [5.74, 6) is 0.177. The van der Waals surface area contributed by atoms with E-state index in [0.29, 0.717) is 34.3 Å². The molecular weight excluding hydrogens is 445 g/mol. The molecule has 1 fully saturated rings. The number of nitrogens with one attached hydrogen (secondary N) is 2. The highest BCUT2D eigenvalue weighted by atomic mass is 19.1. The van der Waals surface area contributed by atoms with Gasteiger partial charge in [0.1, 0.15) is 5.82 Å². The quantitative estimate of drug-likeness (QED) is 0.365. The third kappa shape index (κ3) is 5.02. The number of fused-ring (bicyclic) bond motifs is 1. The predicted octanol–water partition coefficient (Wildman–Crippen LogP) is 4.59. The van der Waals surface area contributed by atoms with Crippen molar-refractivity contribution in [2.75, 3.05) is 11.9 Å². The average molecular weight is 474 g/mol. The van der Waals surface area contributed by atoms with Gasteiger partial charge in [-0.15, -0.1) is 0 Å². The Bertz CT molecular complexity index is 1400. The zero-order valence-electron chi connectivity index (χ0n) is 20.0. The van der Waals surface area contributed by atoms with E-state index >= 15 is 0 Å². The molecule has 1 amide bonds. The molecule has 0 spiro atoms. The van der Waals surface area contributed by atoms with Crippen molar-refractivity contribution >= 4 is 17.4 Å². The van der Waals surface area contributed by atoms with Gasteiger partial charge in [0.05, 0.1) is 23.2 Å². The predicted molar refractivity (Wildman–Crippen MR) is 134 cm³/mol. The number of carbonyl (C=O) groups is 1. The van der Waals surface area contributed by atoms with E-state index < -0.39 is 5.60 Å². The van der Waals surface area contributed by atoms with E-state index in [9.17, 15) is 14.3 Å². The van der Waals surface area contributed by atoms with Crippen molar-refractivity contribution in [3.05, 3.63) is 71.8 Å². The van der Waals surface area contributed by atoms with Crippen molar-refractivity contribution in [2.45, 2.75) is 45.3 Å². The van der Waals surface area contributed by atoms with Gasteiger partial charge in [0.2, 0.25) is 0 Å². The first-order chi connectivity index (χ1) is 16.7. The fourth-order valence-electron chi connectivity index (χ4n) is 3.85. The van der Waals surface area contributed by atoms with Crippen LogP contribution >= 0.6 is 0 Å². The normalized spacial score (nSPS) is 13.7. The van der Waals surface area contributed by atoms with Crippen LogP contribution in [0.15, 0.2) is 54.9 Å². The maximum Gasteiger partial charge on any atom is 0.251 e. The van der Waals surface area contributed by atoms with Crippen molar-refractivity contribution in [3.63, 3.8) is 0 Å². The third-order valence-corrected chi connectivity index (χ3v) is 5.99. The highest BCUT2D eigenvalue weighted by Crippen LogP contribution is 2.29. The second-order valence-corrected chi connectivity index (χ2v) is 9.77. The molecule has 8 heteroatoms. The molecule has 4 aromatic rings. The molecule has 1 aliphatic carbocycles. The summed E-state index contributed by atoms with van der Waals surface area (Å²) in [6, 6.07) is 12.6. The minimum atomic E-state index is -0.951. The van der Waals surface area contributed by atoms with Crippen molar-refractivity contribution in [2.24, 2.45) is 0 Å². The number of imidazole rings is 1. The number of halogens is 1. The van der Waals surface area contributed by atoms with Crippen LogP contribution in [0.25, 0.3) is 28.2 Å². The molecule has 7 nitrogen and oxygen atoms in total. The van der Waals surface area contributed by atoms with Crippen LogP contribution in [-0.2, 0) is 0 Å². The highest BCUT2D eigenvalue weighted by molar-refractivity contribution is 5.95. The summed E-state index contributed by atoms with van der Waals surface area (Å²) in [7, 11) is 0. The summed E-state index contributed by atoms with van der Waals surface area (Å²) in [6.45, 7) is 5.41. The molecule has 1 aliphatic rings. The molecule has 1 saturated carbocycles. The number of rotatable bonds is 7. The number of amides is 1. The summed E-state index contributed by atoms with van der Waals surface area (Å²) < 4.78 is 15.8. The van der Waals surface area contributed by atoms with Gasteiger partial charge in [-0.2, -0.15) is 0 Å². The van der Waals surface area contributed by atoms with E-state index in [1.54, 1.807) is 39.1 Å². The largest absolute Gasteiger partial charge is 0.389 e. The minimum absolute atomic E-state index is 0.0616. The maximum atomic E-state index is 13.9. The van der Waals surface area contributed by atoms with E-state index in [4.69, 9.17) is 4.98 Å². The van der Waals surface area contributed by atoms with Gasteiger partial charge in [0, 0.05) is 35.5 Å². The number of aliphatic hydroxyl groups is 1. The lowest BCUT2D eigenvalue weighted by Gasteiger charge is -2.19. The first kappa shape index (κ1) is 23.0.